The smallest absolute Gasteiger partial charge is 0.321 e. The molecular formula is C16H22N4O3. The number of urea groups is 1. The minimum atomic E-state index is -0.386. The second-order valence-corrected chi connectivity index (χ2v) is 6.30. The van der Waals surface area contributed by atoms with Crippen LogP contribution in [0.1, 0.15) is 19.3 Å². The van der Waals surface area contributed by atoms with Crippen LogP contribution < -0.4 is 10.1 Å². The Morgan fingerprint density at radius 1 is 1.35 bits per heavy atom. The van der Waals surface area contributed by atoms with Crippen LogP contribution >= 0.6 is 0 Å². The molecule has 124 valence electrons. The highest BCUT2D eigenvalue weighted by Gasteiger charge is 2.48. The molecule has 3 heterocycles. The first-order valence-corrected chi connectivity index (χ1v) is 7.86. The number of aromatic nitrogens is 1. The summed E-state index contributed by atoms with van der Waals surface area (Å²) in [6.07, 6.45) is 4.16. The maximum Gasteiger partial charge on any atom is 0.321 e. The van der Waals surface area contributed by atoms with E-state index in [2.05, 4.69) is 10.3 Å². The summed E-state index contributed by atoms with van der Waals surface area (Å²) >= 11 is 0. The number of anilines is 1. The van der Waals surface area contributed by atoms with Crippen LogP contribution in [0.3, 0.4) is 0 Å². The molecule has 1 spiro atoms. The zero-order valence-corrected chi connectivity index (χ0v) is 13.5. The lowest BCUT2D eigenvalue weighted by Gasteiger charge is -2.37. The zero-order chi connectivity index (χ0) is 16.4. The molecule has 1 N–H and O–H groups in total. The Hall–Kier alpha value is -2.31. The number of amides is 3. The Labute approximate surface area is 135 Å². The van der Waals surface area contributed by atoms with E-state index < -0.39 is 0 Å². The molecule has 0 radical (unpaired) electrons. The van der Waals surface area contributed by atoms with Gasteiger partial charge in [0.25, 0.3) is 0 Å². The van der Waals surface area contributed by atoms with Crippen molar-refractivity contribution >= 4 is 17.6 Å². The van der Waals surface area contributed by atoms with E-state index in [-0.39, 0.29) is 17.4 Å². The van der Waals surface area contributed by atoms with E-state index >= 15 is 0 Å². The summed E-state index contributed by atoms with van der Waals surface area (Å²) in [6, 6.07) is 3.25. The molecule has 0 bridgehead atoms. The summed E-state index contributed by atoms with van der Waals surface area (Å²) in [5.74, 6) is 0.670. The lowest BCUT2D eigenvalue weighted by Crippen LogP contribution is -2.49. The number of carbonyl (C=O) groups is 2. The Bertz CT molecular complexity index is 604. The molecule has 7 nitrogen and oxygen atoms in total. The van der Waals surface area contributed by atoms with Crippen molar-refractivity contribution in [1.29, 1.82) is 0 Å². The van der Waals surface area contributed by atoms with Gasteiger partial charge in [-0.1, -0.05) is 0 Å². The summed E-state index contributed by atoms with van der Waals surface area (Å²) < 4.78 is 4.99. The van der Waals surface area contributed by atoms with Crippen LogP contribution in [0.5, 0.6) is 5.88 Å². The number of pyridine rings is 1. The number of likely N-dealkylation sites (tertiary alicyclic amines) is 2. The topological polar surface area (TPSA) is 74.8 Å². The highest BCUT2D eigenvalue weighted by atomic mass is 16.5. The summed E-state index contributed by atoms with van der Waals surface area (Å²) in [7, 11) is 3.39. The van der Waals surface area contributed by atoms with Gasteiger partial charge < -0.3 is 19.9 Å². The fraction of sp³-hybridized carbons (Fsp3) is 0.562. The van der Waals surface area contributed by atoms with Crippen molar-refractivity contribution in [2.24, 2.45) is 5.41 Å². The Morgan fingerprint density at radius 3 is 2.87 bits per heavy atom. The van der Waals surface area contributed by atoms with E-state index in [1.165, 1.54) is 0 Å². The van der Waals surface area contributed by atoms with Gasteiger partial charge in [0, 0.05) is 32.7 Å². The normalized spacial score (nSPS) is 24.2. The van der Waals surface area contributed by atoms with Crippen LogP contribution in [0.15, 0.2) is 18.3 Å². The van der Waals surface area contributed by atoms with Gasteiger partial charge in [-0.05, 0) is 25.3 Å². The number of ether oxygens (including phenoxy) is 1. The molecule has 1 aromatic heterocycles. The number of hydrogen-bond donors (Lipinski definition) is 1. The van der Waals surface area contributed by atoms with Crippen LogP contribution in [-0.2, 0) is 4.79 Å². The number of nitrogens with zero attached hydrogens (tertiary/aromatic N) is 3. The fourth-order valence-electron chi connectivity index (χ4n) is 3.47. The predicted molar refractivity (Wildman–Crippen MR) is 85.3 cm³/mol. The van der Waals surface area contributed by atoms with Crippen molar-refractivity contribution in [2.75, 3.05) is 39.1 Å². The Morgan fingerprint density at radius 2 is 2.17 bits per heavy atom. The number of rotatable bonds is 2. The monoisotopic (exact) mass is 318 g/mol. The third-order valence-electron chi connectivity index (χ3n) is 4.79. The molecule has 2 aliphatic rings. The molecule has 0 aliphatic carbocycles. The maximum absolute atomic E-state index is 12.5. The minimum Gasteiger partial charge on any atom is -0.481 e. The van der Waals surface area contributed by atoms with E-state index in [4.69, 9.17) is 4.74 Å². The van der Waals surface area contributed by atoms with Crippen molar-refractivity contribution in [3.8, 4) is 5.88 Å². The van der Waals surface area contributed by atoms with E-state index in [9.17, 15) is 9.59 Å². The summed E-state index contributed by atoms with van der Waals surface area (Å²) in [4.78, 5) is 32.5. The van der Waals surface area contributed by atoms with E-state index in [1.54, 1.807) is 35.2 Å². The second-order valence-electron chi connectivity index (χ2n) is 6.30. The lowest BCUT2D eigenvalue weighted by molar-refractivity contribution is -0.143. The van der Waals surface area contributed by atoms with Gasteiger partial charge in [-0.25, -0.2) is 9.78 Å². The SMILES string of the molecule is COc1ccc(NC(=O)N2CC[C@@]3(CCCN(C)C3=O)C2)cn1. The van der Waals surface area contributed by atoms with Crippen LogP contribution in [0.2, 0.25) is 0 Å². The van der Waals surface area contributed by atoms with Gasteiger partial charge in [-0.3, -0.25) is 4.79 Å². The van der Waals surface area contributed by atoms with Crippen LogP contribution in [0.25, 0.3) is 0 Å². The molecule has 0 saturated carbocycles. The van der Waals surface area contributed by atoms with Gasteiger partial charge >= 0.3 is 6.03 Å². The molecule has 23 heavy (non-hydrogen) atoms. The van der Waals surface area contributed by atoms with Gasteiger partial charge in [-0.2, -0.15) is 0 Å². The maximum atomic E-state index is 12.5. The molecule has 7 heteroatoms. The van der Waals surface area contributed by atoms with Crippen LogP contribution in [-0.4, -0.2) is 60.5 Å². The zero-order valence-electron chi connectivity index (χ0n) is 13.5. The van der Waals surface area contributed by atoms with Gasteiger partial charge in [0.2, 0.25) is 11.8 Å². The highest BCUT2D eigenvalue weighted by Crippen LogP contribution is 2.39. The van der Waals surface area contributed by atoms with Crippen LogP contribution in [0, 0.1) is 5.41 Å². The molecule has 2 saturated heterocycles. The molecule has 1 atom stereocenters. The molecule has 1 aromatic rings. The quantitative estimate of drug-likeness (QED) is 0.898. The van der Waals surface area contributed by atoms with E-state index in [1.807, 2.05) is 7.05 Å². The van der Waals surface area contributed by atoms with Crippen molar-refractivity contribution < 1.29 is 14.3 Å². The highest BCUT2D eigenvalue weighted by molar-refractivity contribution is 5.91. The fourth-order valence-corrected chi connectivity index (χ4v) is 3.47. The molecule has 2 fully saturated rings. The van der Waals surface area contributed by atoms with Crippen molar-refractivity contribution in [2.45, 2.75) is 19.3 Å². The molecule has 0 unspecified atom stereocenters. The van der Waals surface area contributed by atoms with E-state index in [0.29, 0.717) is 24.7 Å². The number of hydrogen-bond acceptors (Lipinski definition) is 4. The minimum absolute atomic E-state index is 0.171. The first-order chi connectivity index (χ1) is 11.0. The molecule has 0 aromatic carbocycles. The van der Waals surface area contributed by atoms with Gasteiger partial charge in [0.05, 0.1) is 24.4 Å². The van der Waals surface area contributed by atoms with Gasteiger partial charge in [0.1, 0.15) is 0 Å². The lowest BCUT2D eigenvalue weighted by atomic mass is 9.78. The number of piperidine rings is 1. The third-order valence-corrected chi connectivity index (χ3v) is 4.79. The molecular weight excluding hydrogens is 296 g/mol. The van der Waals surface area contributed by atoms with Crippen molar-refractivity contribution in [1.82, 2.24) is 14.8 Å². The summed E-state index contributed by atoms with van der Waals surface area (Å²) in [5, 5.41) is 2.83. The van der Waals surface area contributed by atoms with Gasteiger partial charge in [0.15, 0.2) is 0 Å². The predicted octanol–water partition coefficient (Wildman–Crippen LogP) is 1.57. The summed E-state index contributed by atoms with van der Waals surface area (Å²) in [6.45, 7) is 1.91. The van der Waals surface area contributed by atoms with Crippen molar-refractivity contribution in [3.05, 3.63) is 18.3 Å². The number of methoxy groups -OCH3 is 1. The van der Waals surface area contributed by atoms with Crippen molar-refractivity contribution in [3.63, 3.8) is 0 Å². The molecule has 2 aliphatic heterocycles. The third kappa shape index (κ3) is 2.95. The van der Waals surface area contributed by atoms with E-state index in [0.717, 1.165) is 25.8 Å². The second kappa shape index (κ2) is 6.06. The molecule has 3 amide bonds. The Kier molecular flexibility index (Phi) is 4.11. The first kappa shape index (κ1) is 15.6. The summed E-state index contributed by atoms with van der Waals surface area (Å²) in [5.41, 5.74) is 0.228. The van der Waals surface area contributed by atoms with Gasteiger partial charge in [-0.15, -0.1) is 0 Å². The first-order valence-electron chi connectivity index (χ1n) is 7.86. The number of carbonyl (C=O) groups excluding carboxylic acids is 2. The van der Waals surface area contributed by atoms with Crippen LogP contribution in [0.4, 0.5) is 10.5 Å². The number of nitrogens with one attached hydrogen (secondary N) is 1. The average molecular weight is 318 g/mol. The standard InChI is InChI=1S/C16H22N4O3/c1-19-8-3-6-16(14(19)21)7-9-20(11-16)15(22)18-12-4-5-13(23-2)17-10-12/h4-5,10H,3,6-9,11H2,1-2H3,(H,18,22)/t16-/m0/s1. The largest absolute Gasteiger partial charge is 0.481 e. The Balaban J connectivity index is 1.64. The average Bonchev–Trinajstić information content (AvgIpc) is 2.99. The molecule has 3 rings (SSSR count).